The van der Waals surface area contributed by atoms with Crippen molar-refractivity contribution in [1.29, 1.82) is 0 Å². The Morgan fingerprint density at radius 1 is 0.818 bits per heavy atom. The molecule has 0 aliphatic carbocycles. The van der Waals surface area contributed by atoms with Gasteiger partial charge in [-0.15, -0.1) is 0 Å². The number of aliphatic hydroxyl groups excluding tert-OH is 1. The summed E-state index contributed by atoms with van der Waals surface area (Å²) in [6.07, 6.45) is 10.4. The average molecular weight is 361 g/mol. The van der Waals surface area contributed by atoms with Gasteiger partial charge in [0.15, 0.2) is 0 Å². The molecule has 0 aromatic rings. The minimum absolute atomic E-state index is 0. The molecule has 0 aromatic heterocycles. The maximum atomic E-state index is 11.1. The summed E-state index contributed by atoms with van der Waals surface area (Å²) in [5.74, 6) is 0. The molecule has 2 unspecified atom stereocenters. The van der Waals surface area contributed by atoms with E-state index in [4.69, 9.17) is 0 Å². The summed E-state index contributed by atoms with van der Waals surface area (Å²) in [6, 6.07) is 0. The first-order valence-corrected chi connectivity index (χ1v) is 10.0. The second-order valence-electron chi connectivity index (χ2n) is 6.04. The van der Waals surface area contributed by atoms with Gasteiger partial charge < -0.3 is 9.66 Å². The molecule has 0 heterocycles. The molecule has 4 nitrogen and oxygen atoms in total. The normalized spacial score (nSPS) is 14.4. The molecule has 0 aliphatic heterocycles. The molecular weight excluding hydrogens is 327 g/mol. The van der Waals surface area contributed by atoms with Gasteiger partial charge in [-0.05, 0) is 25.7 Å². The predicted octanol–water partition coefficient (Wildman–Crippen LogP) is 0.986. The van der Waals surface area contributed by atoms with Crippen LogP contribution in [0.3, 0.4) is 0 Å². The minimum Gasteiger partial charge on any atom is -0.748 e. The van der Waals surface area contributed by atoms with E-state index in [9.17, 15) is 18.1 Å². The van der Waals surface area contributed by atoms with Crippen LogP contribution < -0.4 is 51.4 Å². The quantitative estimate of drug-likeness (QED) is 0.285. The molecule has 22 heavy (non-hydrogen) atoms. The second kappa shape index (κ2) is 16.0. The molecule has 0 radical (unpaired) electrons. The standard InChI is InChI=1S/C16H34O4S.K/c1-3-5-8-12-15(17)13-9-6-7-10-14-16(11-4-2)21(18,19)20;/h15-17H,3-14H2,1-2H3,(H,18,19,20);/q;+1/p-1. The molecule has 0 aliphatic rings. The Labute approximate surface area is 180 Å². The molecule has 0 amide bonds. The minimum atomic E-state index is -4.14. The third-order valence-corrected chi connectivity index (χ3v) is 5.26. The van der Waals surface area contributed by atoms with Crippen LogP contribution >= 0.6 is 0 Å². The molecule has 0 bridgehead atoms. The van der Waals surface area contributed by atoms with Crippen LogP contribution in [-0.4, -0.2) is 29.4 Å². The Bertz CT molecular complexity index is 333. The fourth-order valence-electron chi connectivity index (χ4n) is 2.63. The van der Waals surface area contributed by atoms with Gasteiger partial charge in [-0.25, -0.2) is 8.42 Å². The van der Waals surface area contributed by atoms with Gasteiger partial charge in [0.25, 0.3) is 0 Å². The summed E-state index contributed by atoms with van der Waals surface area (Å²) < 4.78 is 33.2. The Kier molecular flexibility index (Phi) is 18.7. The number of hydrogen-bond acceptors (Lipinski definition) is 4. The summed E-state index contributed by atoms with van der Waals surface area (Å²) in [7, 11) is -4.14. The van der Waals surface area contributed by atoms with Gasteiger partial charge >= 0.3 is 51.4 Å². The SMILES string of the molecule is CCCCCC(O)CCCCCCC(CCC)S(=O)(=O)[O-].[K+]. The number of aliphatic hydroxyl groups is 1. The summed E-state index contributed by atoms with van der Waals surface area (Å²) in [5.41, 5.74) is 0. The van der Waals surface area contributed by atoms with Gasteiger partial charge in [0.1, 0.15) is 0 Å². The van der Waals surface area contributed by atoms with E-state index in [1.165, 1.54) is 12.8 Å². The molecular formula is C16H33KO4S. The van der Waals surface area contributed by atoms with E-state index in [2.05, 4.69) is 6.92 Å². The monoisotopic (exact) mass is 360 g/mol. The van der Waals surface area contributed by atoms with Gasteiger partial charge in [-0.1, -0.05) is 65.2 Å². The number of unbranched alkanes of at least 4 members (excludes halogenated alkanes) is 5. The van der Waals surface area contributed by atoms with Crippen molar-refractivity contribution in [3.8, 4) is 0 Å². The van der Waals surface area contributed by atoms with Crippen molar-refractivity contribution in [2.75, 3.05) is 0 Å². The van der Waals surface area contributed by atoms with Gasteiger partial charge in [-0.3, -0.25) is 0 Å². The van der Waals surface area contributed by atoms with Crippen LogP contribution in [0.4, 0.5) is 0 Å². The maximum Gasteiger partial charge on any atom is 1.00 e. The maximum absolute atomic E-state index is 11.1. The van der Waals surface area contributed by atoms with E-state index >= 15 is 0 Å². The molecule has 1 N–H and O–H groups in total. The topological polar surface area (TPSA) is 77.4 Å². The van der Waals surface area contributed by atoms with Crippen molar-refractivity contribution in [3.63, 3.8) is 0 Å². The van der Waals surface area contributed by atoms with Crippen LogP contribution in [0.25, 0.3) is 0 Å². The molecule has 0 saturated heterocycles. The van der Waals surface area contributed by atoms with Crippen molar-refractivity contribution in [1.82, 2.24) is 0 Å². The molecule has 0 fully saturated rings. The van der Waals surface area contributed by atoms with Gasteiger partial charge in [-0.2, -0.15) is 0 Å². The van der Waals surface area contributed by atoms with Crippen LogP contribution in [0.15, 0.2) is 0 Å². The zero-order chi connectivity index (χ0) is 16.1. The van der Waals surface area contributed by atoms with Crippen molar-refractivity contribution < 1.29 is 69.5 Å². The Morgan fingerprint density at radius 2 is 1.32 bits per heavy atom. The van der Waals surface area contributed by atoms with E-state index < -0.39 is 15.4 Å². The predicted molar refractivity (Wildman–Crippen MR) is 86.2 cm³/mol. The average Bonchev–Trinajstić information content (AvgIpc) is 2.40. The first kappa shape index (κ1) is 25.7. The Morgan fingerprint density at radius 3 is 1.77 bits per heavy atom. The van der Waals surface area contributed by atoms with Crippen molar-refractivity contribution in [2.24, 2.45) is 0 Å². The smallest absolute Gasteiger partial charge is 0.748 e. The number of hydrogen-bond donors (Lipinski definition) is 1. The zero-order valence-electron chi connectivity index (χ0n) is 14.7. The van der Waals surface area contributed by atoms with Crippen LogP contribution in [0.2, 0.25) is 0 Å². The first-order valence-electron chi connectivity index (χ1n) is 8.54. The van der Waals surface area contributed by atoms with Crippen LogP contribution in [0.1, 0.15) is 90.9 Å². The molecule has 0 spiro atoms. The molecule has 0 saturated carbocycles. The molecule has 2 atom stereocenters. The third kappa shape index (κ3) is 15.1. The van der Waals surface area contributed by atoms with Gasteiger partial charge in [0, 0.05) is 5.25 Å². The Balaban J connectivity index is 0. The fourth-order valence-corrected chi connectivity index (χ4v) is 3.61. The largest absolute Gasteiger partial charge is 1.00 e. The van der Waals surface area contributed by atoms with Crippen LogP contribution in [0.5, 0.6) is 0 Å². The summed E-state index contributed by atoms with van der Waals surface area (Å²) in [5, 5.41) is 9.07. The second-order valence-corrected chi connectivity index (χ2v) is 7.70. The summed E-state index contributed by atoms with van der Waals surface area (Å²) >= 11 is 0. The van der Waals surface area contributed by atoms with Gasteiger partial charge in [0.05, 0.1) is 16.2 Å². The van der Waals surface area contributed by atoms with Crippen molar-refractivity contribution in [3.05, 3.63) is 0 Å². The Hall–Kier alpha value is 1.51. The fraction of sp³-hybridized carbons (Fsp3) is 1.00. The molecule has 128 valence electrons. The molecule has 0 aromatic carbocycles. The zero-order valence-corrected chi connectivity index (χ0v) is 18.7. The number of rotatable bonds is 14. The molecule has 0 rings (SSSR count). The van der Waals surface area contributed by atoms with Crippen molar-refractivity contribution >= 4 is 10.1 Å². The van der Waals surface area contributed by atoms with Crippen LogP contribution in [0, 0.1) is 0 Å². The van der Waals surface area contributed by atoms with E-state index in [-0.39, 0.29) is 57.5 Å². The third-order valence-electron chi connectivity index (χ3n) is 3.97. The molecule has 6 heteroatoms. The van der Waals surface area contributed by atoms with E-state index in [1.54, 1.807) is 0 Å². The van der Waals surface area contributed by atoms with Gasteiger partial charge in [0.2, 0.25) is 0 Å². The first-order chi connectivity index (χ1) is 9.91. The summed E-state index contributed by atoms with van der Waals surface area (Å²) in [4.78, 5) is 0. The van der Waals surface area contributed by atoms with E-state index in [1.807, 2.05) is 6.92 Å². The van der Waals surface area contributed by atoms with Crippen molar-refractivity contribution in [2.45, 2.75) is 102 Å². The van der Waals surface area contributed by atoms with Crippen LogP contribution in [-0.2, 0) is 10.1 Å². The summed E-state index contributed by atoms with van der Waals surface area (Å²) in [6.45, 7) is 4.05. The van der Waals surface area contributed by atoms with E-state index in [0.717, 1.165) is 51.4 Å². The van der Waals surface area contributed by atoms with E-state index in [0.29, 0.717) is 12.8 Å².